The largest absolute Gasteiger partial charge is 0.358 e. The minimum atomic E-state index is -3.13. The minimum Gasteiger partial charge on any atom is -0.358 e. The fourth-order valence-corrected chi connectivity index (χ4v) is 2.08. The summed E-state index contributed by atoms with van der Waals surface area (Å²) >= 11 is 0. The second-order valence-corrected chi connectivity index (χ2v) is 8.25. The summed E-state index contributed by atoms with van der Waals surface area (Å²) < 4.78 is 24.1. The SMILES string of the molecule is CN(CCN(C)S(C)(=O)=O)c1cc(C(C)(C)C)ccn1. The van der Waals surface area contributed by atoms with Gasteiger partial charge in [-0.05, 0) is 23.1 Å². The van der Waals surface area contributed by atoms with E-state index in [0.717, 1.165) is 5.82 Å². The number of aromatic nitrogens is 1. The lowest BCUT2D eigenvalue weighted by Gasteiger charge is -2.24. The molecule has 0 spiro atoms. The number of pyridine rings is 1. The van der Waals surface area contributed by atoms with Crippen molar-refractivity contribution in [2.24, 2.45) is 0 Å². The normalized spacial score (nSPS) is 12.8. The molecule has 0 amide bonds. The van der Waals surface area contributed by atoms with Gasteiger partial charge in [0.25, 0.3) is 0 Å². The number of anilines is 1. The van der Waals surface area contributed by atoms with E-state index in [1.165, 1.54) is 16.1 Å². The van der Waals surface area contributed by atoms with E-state index in [0.29, 0.717) is 13.1 Å². The average Bonchev–Trinajstić information content (AvgIpc) is 2.33. The van der Waals surface area contributed by atoms with Crippen LogP contribution in [0.25, 0.3) is 0 Å². The summed E-state index contributed by atoms with van der Waals surface area (Å²) in [6.45, 7) is 7.51. The molecule has 114 valence electrons. The van der Waals surface area contributed by atoms with E-state index in [9.17, 15) is 8.42 Å². The van der Waals surface area contributed by atoms with Gasteiger partial charge in [0.05, 0.1) is 6.26 Å². The van der Waals surface area contributed by atoms with Crippen LogP contribution >= 0.6 is 0 Å². The fourth-order valence-electron chi connectivity index (χ4n) is 1.66. The molecule has 1 aromatic heterocycles. The third kappa shape index (κ3) is 4.76. The van der Waals surface area contributed by atoms with E-state index in [4.69, 9.17) is 0 Å². The van der Waals surface area contributed by atoms with Gasteiger partial charge in [-0.2, -0.15) is 0 Å². The maximum Gasteiger partial charge on any atom is 0.211 e. The predicted octanol–water partition coefficient (Wildman–Crippen LogP) is 1.71. The standard InChI is InChI=1S/C14H25N3O2S/c1-14(2,3)12-7-8-15-13(11-12)16(4)9-10-17(5)20(6,18)19/h7-8,11H,9-10H2,1-6H3. The van der Waals surface area contributed by atoms with Crippen LogP contribution in [0.5, 0.6) is 0 Å². The van der Waals surface area contributed by atoms with Crippen LogP contribution in [0.4, 0.5) is 5.82 Å². The van der Waals surface area contributed by atoms with E-state index in [1.54, 1.807) is 13.2 Å². The second-order valence-electron chi connectivity index (χ2n) is 6.16. The summed E-state index contributed by atoms with van der Waals surface area (Å²) in [6, 6.07) is 4.07. The summed E-state index contributed by atoms with van der Waals surface area (Å²) in [7, 11) is 0.381. The van der Waals surface area contributed by atoms with Gasteiger partial charge in [0.2, 0.25) is 10.0 Å². The van der Waals surface area contributed by atoms with Crippen LogP contribution in [-0.2, 0) is 15.4 Å². The van der Waals surface area contributed by atoms with Gasteiger partial charge in [-0.25, -0.2) is 17.7 Å². The van der Waals surface area contributed by atoms with Gasteiger partial charge in [0.1, 0.15) is 5.82 Å². The number of nitrogens with zero attached hydrogens (tertiary/aromatic N) is 3. The van der Waals surface area contributed by atoms with E-state index < -0.39 is 10.0 Å². The Morgan fingerprint density at radius 1 is 1.20 bits per heavy atom. The second kappa shape index (κ2) is 6.10. The molecule has 0 bridgehead atoms. The Balaban J connectivity index is 2.76. The molecule has 0 unspecified atom stereocenters. The lowest BCUT2D eigenvalue weighted by Crippen LogP contribution is -2.34. The first kappa shape index (κ1) is 16.9. The topological polar surface area (TPSA) is 53.5 Å². The van der Waals surface area contributed by atoms with Crippen LogP contribution in [0.1, 0.15) is 26.3 Å². The number of rotatable bonds is 5. The molecule has 5 nitrogen and oxygen atoms in total. The molecule has 0 saturated carbocycles. The molecular weight excluding hydrogens is 274 g/mol. The fraction of sp³-hybridized carbons (Fsp3) is 0.643. The first-order chi connectivity index (χ1) is 9.01. The molecule has 1 heterocycles. The Kier molecular flexibility index (Phi) is 5.15. The Morgan fingerprint density at radius 2 is 1.80 bits per heavy atom. The Bertz CT molecular complexity index is 550. The molecule has 1 aromatic rings. The molecule has 0 saturated heterocycles. The summed E-state index contributed by atoms with van der Waals surface area (Å²) in [5, 5.41) is 0. The maximum atomic E-state index is 11.4. The lowest BCUT2D eigenvalue weighted by molar-refractivity contribution is 0.479. The molecule has 0 fully saturated rings. The van der Waals surface area contributed by atoms with Crippen LogP contribution in [0.15, 0.2) is 18.3 Å². The Morgan fingerprint density at radius 3 is 2.30 bits per heavy atom. The van der Waals surface area contributed by atoms with Crippen LogP contribution in [0, 0.1) is 0 Å². The molecule has 0 N–H and O–H groups in total. The molecule has 0 aromatic carbocycles. The van der Waals surface area contributed by atoms with Gasteiger partial charge < -0.3 is 4.90 Å². The summed E-state index contributed by atoms with van der Waals surface area (Å²) in [4.78, 5) is 6.32. The molecule has 1 rings (SSSR count). The van der Waals surface area contributed by atoms with Crippen molar-refractivity contribution >= 4 is 15.8 Å². The Labute approximate surface area is 122 Å². The molecule has 0 atom stereocenters. The van der Waals surface area contributed by atoms with Crippen molar-refractivity contribution in [2.75, 3.05) is 38.3 Å². The monoisotopic (exact) mass is 299 g/mol. The molecule has 0 aliphatic carbocycles. The van der Waals surface area contributed by atoms with Crippen LogP contribution in [0.2, 0.25) is 0 Å². The highest BCUT2D eigenvalue weighted by Crippen LogP contribution is 2.24. The molecule has 0 aliphatic heterocycles. The van der Waals surface area contributed by atoms with Crippen LogP contribution in [0.3, 0.4) is 0 Å². The van der Waals surface area contributed by atoms with Crippen molar-refractivity contribution in [2.45, 2.75) is 26.2 Å². The molecule has 6 heteroatoms. The number of sulfonamides is 1. The van der Waals surface area contributed by atoms with Crippen molar-refractivity contribution < 1.29 is 8.42 Å². The van der Waals surface area contributed by atoms with Gasteiger partial charge >= 0.3 is 0 Å². The molecular formula is C14H25N3O2S. The Hall–Kier alpha value is -1.14. The molecule has 20 heavy (non-hydrogen) atoms. The third-order valence-electron chi connectivity index (χ3n) is 3.32. The van der Waals surface area contributed by atoms with Crippen molar-refractivity contribution in [3.8, 4) is 0 Å². The smallest absolute Gasteiger partial charge is 0.211 e. The highest BCUT2D eigenvalue weighted by Gasteiger charge is 2.16. The zero-order valence-electron chi connectivity index (χ0n) is 13.2. The minimum absolute atomic E-state index is 0.0715. The summed E-state index contributed by atoms with van der Waals surface area (Å²) in [5.74, 6) is 0.860. The van der Waals surface area contributed by atoms with E-state index in [2.05, 4.69) is 31.8 Å². The lowest BCUT2D eigenvalue weighted by atomic mass is 9.88. The zero-order chi connectivity index (χ0) is 15.6. The maximum absolute atomic E-state index is 11.4. The first-order valence-electron chi connectivity index (χ1n) is 6.61. The molecule has 0 radical (unpaired) electrons. The van der Waals surface area contributed by atoms with Gasteiger partial charge in [-0.3, -0.25) is 0 Å². The first-order valence-corrected chi connectivity index (χ1v) is 8.45. The van der Waals surface area contributed by atoms with E-state index in [1.807, 2.05) is 18.0 Å². The van der Waals surface area contributed by atoms with Crippen LogP contribution in [-0.4, -0.2) is 51.1 Å². The quantitative estimate of drug-likeness (QED) is 0.830. The van der Waals surface area contributed by atoms with Crippen molar-refractivity contribution in [3.05, 3.63) is 23.9 Å². The van der Waals surface area contributed by atoms with Gasteiger partial charge in [-0.15, -0.1) is 0 Å². The van der Waals surface area contributed by atoms with Gasteiger partial charge in [0.15, 0.2) is 0 Å². The van der Waals surface area contributed by atoms with Crippen molar-refractivity contribution in [1.82, 2.24) is 9.29 Å². The van der Waals surface area contributed by atoms with E-state index in [-0.39, 0.29) is 5.41 Å². The number of hydrogen-bond donors (Lipinski definition) is 0. The number of likely N-dealkylation sites (N-methyl/N-ethyl adjacent to an activating group) is 2. The third-order valence-corrected chi connectivity index (χ3v) is 4.63. The summed E-state index contributed by atoms with van der Waals surface area (Å²) in [6.07, 6.45) is 3.01. The van der Waals surface area contributed by atoms with Crippen molar-refractivity contribution in [1.29, 1.82) is 0 Å². The predicted molar refractivity (Wildman–Crippen MR) is 83.7 cm³/mol. The van der Waals surface area contributed by atoms with Gasteiger partial charge in [0, 0.05) is 33.4 Å². The van der Waals surface area contributed by atoms with Crippen molar-refractivity contribution in [3.63, 3.8) is 0 Å². The van der Waals surface area contributed by atoms with Crippen LogP contribution < -0.4 is 4.90 Å². The van der Waals surface area contributed by atoms with E-state index >= 15 is 0 Å². The highest BCUT2D eigenvalue weighted by atomic mass is 32.2. The number of hydrogen-bond acceptors (Lipinski definition) is 4. The van der Waals surface area contributed by atoms with Gasteiger partial charge in [-0.1, -0.05) is 20.8 Å². The average molecular weight is 299 g/mol. The molecule has 0 aliphatic rings. The summed E-state index contributed by atoms with van der Waals surface area (Å²) in [5.41, 5.74) is 1.29. The zero-order valence-corrected chi connectivity index (χ0v) is 14.0. The highest BCUT2D eigenvalue weighted by molar-refractivity contribution is 7.88.